The predicted molar refractivity (Wildman–Crippen MR) is 81.6 cm³/mol. The fourth-order valence-corrected chi connectivity index (χ4v) is 4.16. The second kappa shape index (κ2) is 4.75. The van der Waals surface area contributed by atoms with Crippen molar-refractivity contribution in [2.24, 2.45) is 0 Å². The molecule has 4 nitrogen and oxygen atoms in total. The third-order valence-corrected chi connectivity index (χ3v) is 5.45. The molecule has 0 amide bonds. The summed E-state index contributed by atoms with van der Waals surface area (Å²) < 4.78 is 27.6. The molecule has 2 aromatic rings. The van der Waals surface area contributed by atoms with Crippen LogP contribution in [0.25, 0.3) is 0 Å². The Bertz CT molecular complexity index is 717. The van der Waals surface area contributed by atoms with Gasteiger partial charge in [0, 0.05) is 16.3 Å². The molecule has 0 saturated carbocycles. The molecular formula is C13H11IN2O2S. The fourth-order valence-electron chi connectivity index (χ4n) is 2.16. The number of hydrogen-bond acceptors (Lipinski definition) is 3. The molecule has 0 aliphatic carbocycles. The van der Waals surface area contributed by atoms with E-state index in [1.165, 1.54) is 4.31 Å². The molecule has 1 aliphatic heterocycles. The van der Waals surface area contributed by atoms with E-state index >= 15 is 0 Å². The zero-order valence-electron chi connectivity index (χ0n) is 9.95. The highest BCUT2D eigenvalue weighted by Gasteiger charge is 2.31. The van der Waals surface area contributed by atoms with Gasteiger partial charge in [0.15, 0.2) is 0 Å². The molecule has 3 rings (SSSR count). The lowest BCUT2D eigenvalue weighted by Gasteiger charge is -2.18. The van der Waals surface area contributed by atoms with Crippen LogP contribution >= 0.6 is 22.6 Å². The van der Waals surface area contributed by atoms with Crippen molar-refractivity contribution >= 4 is 38.4 Å². The van der Waals surface area contributed by atoms with Crippen molar-refractivity contribution in [2.45, 2.75) is 11.3 Å². The van der Waals surface area contributed by atoms with E-state index in [1.807, 2.05) is 6.07 Å². The summed E-state index contributed by atoms with van der Waals surface area (Å²) in [5.74, 6) is 0.560. The molecule has 1 aromatic carbocycles. The molecule has 0 fully saturated rings. The van der Waals surface area contributed by atoms with Gasteiger partial charge in [0.1, 0.15) is 5.82 Å². The van der Waals surface area contributed by atoms with Crippen LogP contribution < -0.4 is 4.31 Å². The van der Waals surface area contributed by atoms with E-state index in [2.05, 4.69) is 27.6 Å². The predicted octanol–water partition coefficient (Wildman–Crippen LogP) is 2.44. The normalized spacial score (nSPS) is 14.5. The molecule has 0 radical (unpaired) electrons. The Kier molecular flexibility index (Phi) is 3.22. The van der Waals surface area contributed by atoms with E-state index in [-0.39, 0.29) is 0 Å². The summed E-state index contributed by atoms with van der Waals surface area (Å²) in [5.41, 5.74) is 0.992. The molecule has 2 heterocycles. The van der Waals surface area contributed by atoms with Gasteiger partial charge in [-0.15, -0.1) is 0 Å². The fraction of sp³-hybridized carbons (Fsp3) is 0.154. The first-order valence-electron chi connectivity index (χ1n) is 5.81. The smallest absolute Gasteiger partial charge is 0.249 e. The highest BCUT2D eigenvalue weighted by atomic mass is 127. The second-order valence-corrected chi connectivity index (χ2v) is 7.38. The van der Waals surface area contributed by atoms with Gasteiger partial charge >= 0.3 is 0 Å². The number of hydrogen-bond donors (Lipinski definition) is 0. The van der Waals surface area contributed by atoms with Gasteiger partial charge in [-0.1, -0.05) is 18.2 Å². The van der Waals surface area contributed by atoms with Crippen molar-refractivity contribution in [3.05, 3.63) is 51.7 Å². The summed E-state index contributed by atoms with van der Waals surface area (Å²) in [4.78, 5) is 4.58. The molecule has 0 spiro atoms. The summed E-state index contributed by atoms with van der Waals surface area (Å²) in [7, 11) is -3.50. The molecule has 0 unspecified atom stereocenters. The molecule has 98 valence electrons. The van der Waals surface area contributed by atoms with E-state index in [0.717, 1.165) is 9.13 Å². The largest absolute Gasteiger partial charge is 0.265 e. The minimum absolute atomic E-state index is 0.309. The molecular weight excluding hydrogens is 375 g/mol. The summed E-state index contributed by atoms with van der Waals surface area (Å²) in [6.07, 6.45) is 2.41. The molecule has 0 saturated heterocycles. The Morgan fingerprint density at radius 3 is 2.68 bits per heavy atom. The Morgan fingerprint density at radius 2 is 1.95 bits per heavy atom. The van der Waals surface area contributed by atoms with Crippen LogP contribution in [0.1, 0.15) is 5.56 Å². The minimum atomic E-state index is -3.50. The number of rotatable bonds is 2. The van der Waals surface area contributed by atoms with E-state index in [4.69, 9.17) is 0 Å². The van der Waals surface area contributed by atoms with Crippen molar-refractivity contribution in [3.63, 3.8) is 0 Å². The van der Waals surface area contributed by atoms with Crippen LogP contribution in [0.3, 0.4) is 0 Å². The Balaban J connectivity index is 2.07. The molecule has 0 atom stereocenters. The van der Waals surface area contributed by atoms with Gasteiger partial charge < -0.3 is 0 Å². The number of benzene rings is 1. The molecule has 0 N–H and O–H groups in total. The first kappa shape index (κ1) is 12.9. The average molecular weight is 386 g/mol. The molecule has 1 aromatic heterocycles. The minimum Gasteiger partial charge on any atom is -0.249 e. The maximum absolute atomic E-state index is 12.6. The Hall–Kier alpha value is -1.15. The number of pyridine rings is 1. The lowest BCUT2D eigenvalue weighted by Crippen LogP contribution is -2.29. The highest BCUT2D eigenvalue weighted by molar-refractivity contribution is 14.1. The van der Waals surface area contributed by atoms with Crippen LogP contribution in [0.5, 0.6) is 0 Å². The van der Waals surface area contributed by atoms with Crippen LogP contribution in [0.2, 0.25) is 0 Å². The lowest BCUT2D eigenvalue weighted by atomic mass is 10.2. The molecule has 19 heavy (non-hydrogen) atoms. The van der Waals surface area contributed by atoms with Crippen LogP contribution in [-0.2, 0) is 16.4 Å². The van der Waals surface area contributed by atoms with Gasteiger partial charge in [-0.05, 0) is 52.8 Å². The van der Waals surface area contributed by atoms with Gasteiger partial charge in [0.25, 0.3) is 10.0 Å². The summed E-state index contributed by atoms with van der Waals surface area (Å²) >= 11 is 2.18. The maximum Gasteiger partial charge on any atom is 0.265 e. The highest BCUT2D eigenvalue weighted by Crippen LogP contribution is 2.31. The zero-order chi connectivity index (χ0) is 13.5. The first-order chi connectivity index (χ1) is 9.09. The maximum atomic E-state index is 12.6. The number of fused-ring (bicyclic) bond motifs is 1. The van der Waals surface area contributed by atoms with Crippen molar-refractivity contribution in [1.82, 2.24) is 4.98 Å². The summed E-state index contributed by atoms with van der Waals surface area (Å²) in [6, 6.07) is 10.5. The van der Waals surface area contributed by atoms with E-state index < -0.39 is 10.0 Å². The SMILES string of the molecule is O=S(=O)(c1ccccc1)N1CCc2cc(I)cnc21. The summed E-state index contributed by atoms with van der Waals surface area (Å²) in [6.45, 7) is 0.458. The standard InChI is InChI=1S/C13H11IN2O2S/c14-11-8-10-6-7-16(13(10)15-9-11)19(17,18)12-4-2-1-3-5-12/h1-5,8-9H,6-7H2. The number of anilines is 1. The monoisotopic (exact) mass is 386 g/mol. The van der Waals surface area contributed by atoms with Gasteiger partial charge in [0.05, 0.1) is 4.90 Å². The van der Waals surface area contributed by atoms with Gasteiger partial charge in [-0.25, -0.2) is 17.7 Å². The lowest BCUT2D eigenvalue weighted by molar-refractivity contribution is 0.592. The summed E-state index contributed by atoms with van der Waals surface area (Å²) in [5, 5.41) is 0. The van der Waals surface area contributed by atoms with Gasteiger partial charge in [-0.3, -0.25) is 0 Å². The number of sulfonamides is 1. The first-order valence-corrected chi connectivity index (χ1v) is 8.33. The molecule has 0 bridgehead atoms. The third-order valence-electron chi connectivity index (χ3n) is 3.06. The van der Waals surface area contributed by atoms with Crippen LogP contribution in [0, 0.1) is 3.57 Å². The molecule has 1 aliphatic rings. The van der Waals surface area contributed by atoms with Crippen LogP contribution in [-0.4, -0.2) is 19.9 Å². The number of aromatic nitrogens is 1. The van der Waals surface area contributed by atoms with E-state index in [9.17, 15) is 8.42 Å². The third kappa shape index (κ3) is 2.23. The average Bonchev–Trinajstić information content (AvgIpc) is 2.83. The van der Waals surface area contributed by atoms with Crippen LogP contribution in [0.4, 0.5) is 5.82 Å². The van der Waals surface area contributed by atoms with Gasteiger partial charge in [-0.2, -0.15) is 0 Å². The van der Waals surface area contributed by atoms with Crippen molar-refractivity contribution in [1.29, 1.82) is 0 Å². The zero-order valence-corrected chi connectivity index (χ0v) is 12.9. The topological polar surface area (TPSA) is 50.3 Å². The second-order valence-electron chi connectivity index (χ2n) is 4.28. The quantitative estimate of drug-likeness (QED) is 0.746. The van der Waals surface area contributed by atoms with Crippen molar-refractivity contribution < 1.29 is 8.42 Å². The van der Waals surface area contributed by atoms with Crippen molar-refractivity contribution in [2.75, 3.05) is 10.8 Å². The van der Waals surface area contributed by atoms with Crippen LogP contribution in [0.15, 0.2) is 47.5 Å². The van der Waals surface area contributed by atoms with Crippen molar-refractivity contribution in [3.8, 4) is 0 Å². The van der Waals surface area contributed by atoms with E-state index in [0.29, 0.717) is 23.7 Å². The Labute approximate surface area is 125 Å². The Morgan fingerprint density at radius 1 is 1.21 bits per heavy atom. The molecule has 6 heteroatoms. The van der Waals surface area contributed by atoms with E-state index in [1.54, 1.807) is 36.5 Å². The number of nitrogens with zero attached hydrogens (tertiary/aromatic N) is 2. The van der Waals surface area contributed by atoms with Gasteiger partial charge in [0.2, 0.25) is 0 Å². The number of halogens is 1.